The molecule has 0 spiro atoms. The Morgan fingerprint density at radius 3 is 2.21 bits per heavy atom. The lowest BCUT2D eigenvalue weighted by molar-refractivity contribution is 0.414. The smallest absolute Gasteiger partial charge is 0.118 e. The van der Waals surface area contributed by atoms with E-state index in [2.05, 4.69) is 35.8 Å². The summed E-state index contributed by atoms with van der Waals surface area (Å²) in [5.74, 6) is 6.28. The van der Waals surface area contributed by atoms with E-state index >= 15 is 0 Å². The first-order chi connectivity index (χ1) is 8.83. The van der Waals surface area contributed by atoms with Crippen LogP contribution < -0.4 is 16.0 Å². The van der Waals surface area contributed by atoms with E-state index in [-0.39, 0.29) is 12.4 Å². The van der Waals surface area contributed by atoms with Crippen molar-refractivity contribution in [3.63, 3.8) is 0 Å². The zero-order valence-corrected chi connectivity index (χ0v) is 11.7. The van der Waals surface area contributed by atoms with Crippen molar-refractivity contribution in [2.24, 2.45) is 5.84 Å². The van der Waals surface area contributed by atoms with Crippen molar-refractivity contribution in [1.29, 1.82) is 0 Å². The number of ether oxygens (including phenoxy) is 1. The monoisotopic (exact) mass is 278 g/mol. The molecule has 0 bridgehead atoms. The van der Waals surface area contributed by atoms with Crippen molar-refractivity contribution >= 4 is 12.4 Å². The molecule has 4 heteroatoms. The molecule has 102 valence electrons. The molecule has 2 aromatic carbocycles. The summed E-state index contributed by atoms with van der Waals surface area (Å²) in [4.78, 5) is 0. The number of nitrogens with two attached hydrogens (primary N) is 1. The fraction of sp³-hybridized carbons (Fsp3) is 0.200. The van der Waals surface area contributed by atoms with Crippen LogP contribution in [0.3, 0.4) is 0 Å². The van der Waals surface area contributed by atoms with Gasteiger partial charge in [-0.05, 0) is 35.2 Å². The standard InChI is InChI=1S/C15H18N2O.ClH/c1-18-15-8-6-12(7-9-15)10-13-4-2-3-5-14(13)11-17-16;/h2-9,17H,10-11,16H2,1H3;1H. The van der Waals surface area contributed by atoms with E-state index in [9.17, 15) is 0 Å². The van der Waals surface area contributed by atoms with Crippen LogP contribution in [0.5, 0.6) is 5.75 Å². The molecule has 0 saturated heterocycles. The van der Waals surface area contributed by atoms with Crippen LogP contribution in [0.15, 0.2) is 48.5 Å². The van der Waals surface area contributed by atoms with Gasteiger partial charge in [0.1, 0.15) is 5.75 Å². The first-order valence-electron chi connectivity index (χ1n) is 5.96. The highest BCUT2D eigenvalue weighted by atomic mass is 35.5. The van der Waals surface area contributed by atoms with Gasteiger partial charge in [0.05, 0.1) is 7.11 Å². The fourth-order valence-corrected chi connectivity index (χ4v) is 1.98. The lowest BCUT2D eigenvalue weighted by atomic mass is 10.00. The van der Waals surface area contributed by atoms with Gasteiger partial charge in [0, 0.05) is 6.54 Å². The van der Waals surface area contributed by atoms with Crippen molar-refractivity contribution in [2.75, 3.05) is 7.11 Å². The fourth-order valence-electron chi connectivity index (χ4n) is 1.98. The summed E-state index contributed by atoms with van der Waals surface area (Å²) < 4.78 is 5.16. The summed E-state index contributed by atoms with van der Waals surface area (Å²) in [5, 5.41) is 0. The van der Waals surface area contributed by atoms with Crippen LogP contribution in [0.25, 0.3) is 0 Å². The minimum Gasteiger partial charge on any atom is -0.497 e. The van der Waals surface area contributed by atoms with E-state index in [1.807, 2.05) is 18.2 Å². The Morgan fingerprint density at radius 1 is 1.00 bits per heavy atom. The largest absolute Gasteiger partial charge is 0.497 e. The third kappa shape index (κ3) is 4.24. The van der Waals surface area contributed by atoms with E-state index in [0.717, 1.165) is 12.2 Å². The molecule has 0 radical (unpaired) electrons. The second-order valence-electron chi connectivity index (χ2n) is 4.17. The number of rotatable bonds is 5. The molecule has 0 aliphatic rings. The van der Waals surface area contributed by atoms with Crippen LogP contribution in [-0.2, 0) is 13.0 Å². The third-order valence-corrected chi connectivity index (χ3v) is 2.96. The molecule has 0 fully saturated rings. The average Bonchev–Trinajstić information content (AvgIpc) is 2.42. The number of hydrogen-bond acceptors (Lipinski definition) is 3. The van der Waals surface area contributed by atoms with Gasteiger partial charge in [0.2, 0.25) is 0 Å². The molecule has 0 heterocycles. The third-order valence-electron chi connectivity index (χ3n) is 2.96. The summed E-state index contributed by atoms with van der Waals surface area (Å²) in [6, 6.07) is 16.5. The lowest BCUT2D eigenvalue weighted by Crippen LogP contribution is -2.21. The molecule has 0 amide bonds. The summed E-state index contributed by atoms with van der Waals surface area (Å²) >= 11 is 0. The maximum absolute atomic E-state index is 5.39. The number of methoxy groups -OCH3 is 1. The quantitative estimate of drug-likeness (QED) is 0.653. The highest BCUT2D eigenvalue weighted by Gasteiger charge is 2.02. The minimum atomic E-state index is 0. The van der Waals surface area contributed by atoms with Gasteiger partial charge in [0.25, 0.3) is 0 Å². The summed E-state index contributed by atoms with van der Waals surface area (Å²) in [6.45, 7) is 0.687. The Balaban J connectivity index is 0.00000180. The van der Waals surface area contributed by atoms with Crippen LogP contribution >= 0.6 is 12.4 Å². The second-order valence-corrected chi connectivity index (χ2v) is 4.17. The molecule has 0 aromatic heterocycles. The summed E-state index contributed by atoms with van der Waals surface area (Å²) in [7, 11) is 1.68. The van der Waals surface area contributed by atoms with E-state index in [1.165, 1.54) is 16.7 Å². The van der Waals surface area contributed by atoms with E-state index < -0.39 is 0 Å². The van der Waals surface area contributed by atoms with Crippen molar-refractivity contribution in [3.05, 3.63) is 65.2 Å². The normalized spacial score (nSPS) is 9.79. The lowest BCUT2D eigenvalue weighted by Gasteiger charge is -2.09. The van der Waals surface area contributed by atoms with Gasteiger partial charge in [-0.1, -0.05) is 36.4 Å². The molecule has 2 rings (SSSR count). The zero-order valence-electron chi connectivity index (χ0n) is 10.9. The van der Waals surface area contributed by atoms with Crippen molar-refractivity contribution in [3.8, 4) is 5.75 Å². The Labute approximate surface area is 120 Å². The molecular weight excluding hydrogens is 260 g/mol. The molecule has 0 aliphatic heterocycles. The SMILES string of the molecule is COc1ccc(Cc2ccccc2CNN)cc1.Cl. The van der Waals surface area contributed by atoms with Gasteiger partial charge in [-0.2, -0.15) is 0 Å². The van der Waals surface area contributed by atoms with E-state index in [0.29, 0.717) is 6.54 Å². The van der Waals surface area contributed by atoms with Gasteiger partial charge < -0.3 is 4.74 Å². The topological polar surface area (TPSA) is 47.3 Å². The molecular formula is C15H19ClN2O. The molecule has 3 N–H and O–H groups in total. The van der Waals surface area contributed by atoms with Crippen LogP contribution in [-0.4, -0.2) is 7.11 Å². The molecule has 19 heavy (non-hydrogen) atoms. The summed E-state index contributed by atoms with van der Waals surface area (Å²) in [5.41, 5.74) is 6.50. The molecule has 0 unspecified atom stereocenters. The van der Waals surface area contributed by atoms with Gasteiger partial charge in [-0.25, -0.2) is 0 Å². The maximum Gasteiger partial charge on any atom is 0.118 e. The van der Waals surface area contributed by atoms with Gasteiger partial charge >= 0.3 is 0 Å². The molecule has 0 saturated carbocycles. The van der Waals surface area contributed by atoms with Crippen LogP contribution in [0.1, 0.15) is 16.7 Å². The number of nitrogens with one attached hydrogen (secondary N) is 1. The Bertz CT molecular complexity index is 500. The predicted molar refractivity (Wildman–Crippen MR) is 80.5 cm³/mol. The highest BCUT2D eigenvalue weighted by molar-refractivity contribution is 5.85. The first-order valence-corrected chi connectivity index (χ1v) is 5.96. The van der Waals surface area contributed by atoms with Gasteiger partial charge in [0.15, 0.2) is 0 Å². The number of halogens is 1. The second kappa shape index (κ2) is 7.79. The Hall–Kier alpha value is -1.55. The van der Waals surface area contributed by atoms with Crippen molar-refractivity contribution in [2.45, 2.75) is 13.0 Å². The Kier molecular flexibility index (Phi) is 6.36. The molecule has 2 aromatic rings. The Morgan fingerprint density at radius 2 is 1.63 bits per heavy atom. The maximum atomic E-state index is 5.39. The number of benzene rings is 2. The van der Waals surface area contributed by atoms with Crippen LogP contribution in [0, 0.1) is 0 Å². The predicted octanol–water partition coefficient (Wildman–Crippen LogP) is 2.67. The van der Waals surface area contributed by atoms with Gasteiger partial charge in [-0.15, -0.1) is 12.4 Å². The average molecular weight is 279 g/mol. The number of hydrogen-bond donors (Lipinski definition) is 2. The molecule has 3 nitrogen and oxygen atoms in total. The van der Waals surface area contributed by atoms with Crippen molar-refractivity contribution < 1.29 is 4.74 Å². The molecule has 0 aliphatic carbocycles. The van der Waals surface area contributed by atoms with E-state index in [4.69, 9.17) is 10.6 Å². The highest BCUT2D eigenvalue weighted by Crippen LogP contribution is 2.17. The van der Waals surface area contributed by atoms with Crippen molar-refractivity contribution in [1.82, 2.24) is 5.43 Å². The van der Waals surface area contributed by atoms with Crippen LogP contribution in [0.2, 0.25) is 0 Å². The van der Waals surface area contributed by atoms with Crippen LogP contribution in [0.4, 0.5) is 0 Å². The zero-order chi connectivity index (χ0) is 12.8. The molecule has 0 atom stereocenters. The van der Waals surface area contributed by atoms with E-state index in [1.54, 1.807) is 7.11 Å². The minimum absolute atomic E-state index is 0. The van der Waals surface area contributed by atoms with Gasteiger partial charge in [-0.3, -0.25) is 11.3 Å². The first kappa shape index (κ1) is 15.5. The number of hydrazine groups is 1. The summed E-state index contributed by atoms with van der Waals surface area (Å²) in [6.07, 6.45) is 0.905.